The molecule has 0 aliphatic heterocycles. The third-order valence-electron chi connectivity index (χ3n) is 1.18. The van der Waals surface area contributed by atoms with Gasteiger partial charge in [-0.05, 0) is 0 Å². The summed E-state index contributed by atoms with van der Waals surface area (Å²) in [6, 6.07) is 0. The molecule has 0 spiro atoms. The van der Waals surface area contributed by atoms with E-state index in [1.807, 2.05) is 0 Å². The number of hydrogen-bond donors (Lipinski definition) is 1. The van der Waals surface area contributed by atoms with Crippen LogP contribution >= 0.6 is 0 Å². The molecule has 0 heterocycles. The highest BCUT2D eigenvalue weighted by molar-refractivity contribution is 5.77. The maximum atomic E-state index is 10.8. The first-order valence-corrected chi connectivity index (χ1v) is 3.10. The average molecular weight is 144 g/mol. The number of hydrogen-bond acceptors (Lipinski definition) is 3. The van der Waals surface area contributed by atoms with Crippen molar-refractivity contribution in [2.45, 2.75) is 12.8 Å². The van der Waals surface area contributed by atoms with Gasteiger partial charge in [-0.3, -0.25) is 4.79 Å². The fourth-order valence-electron chi connectivity index (χ4n) is 0.475. The molecule has 2 N–H and O–H groups in total. The molecule has 1 amide bonds. The molecule has 4 nitrogen and oxygen atoms in total. The molecular formula is C6H12N2O2. The minimum Gasteiger partial charge on any atom is -0.333 e. The van der Waals surface area contributed by atoms with Gasteiger partial charge >= 0.3 is 0 Å². The molecule has 0 saturated heterocycles. The zero-order chi connectivity index (χ0) is 7.98. The van der Waals surface area contributed by atoms with Crippen molar-refractivity contribution >= 4 is 12.2 Å². The summed E-state index contributed by atoms with van der Waals surface area (Å²) in [5.74, 6) is -0.0883. The molecule has 0 aliphatic carbocycles. The Morgan fingerprint density at radius 1 is 1.70 bits per heavy atom. The standard InChI is InChI=1S/C6H12N2O2/c1-8(5-7)6(10)3-2-4-9/h4H,2-3,5,7H2,1H3. The van der Waals surface area contributed by atoms with Crippen LogP contribution in [0.3, 0.4) is 0 Å². The first-order valence-electron chi connectivity index (χ1n) is 3.10. The topological polar surface area (TPSA) is 63.4 Å². The van der Waals surface area contributed by atoms with Crippen LogP contribution in [-0.4, -0.2) is 30.8 Å². The van der Waals surface area contributed by atoms with Gasteiger partial charge in [0, 0.05) is 19.9 Å². The van der Waals surface area contributed by atoms with Crippen molar-refractivity contribution in [3.63, 3.8) is 0 Å². The molecule has 0 fully saturated rings. The van der Waals surface area contributed by atoms with E-state index in [0.717, 1.165) is 6.29 Å². The van der Waals surface area contributed by atoms with Crippen LogP contribution in [-0.2, 0) is 9.59 Å². The Morgan fingerprint density at radius 3 is 2.70 bits per heavy atom. The Bertz CT molecular complexity index is 125. The lowest BCUT2D eigenvalue weighted by Crippen LogP contribution is -2.31. The van der Waals surface area contributed by atoms with Gasteiger partial charge < -0.3 is 15.4 Å². The average Bonchev–Trinajstić information content (AvgIpc) is 1.98. The molecule has 0 radical (unpaired) electrons. The summed E-state index contributed by atoms with van der Waals surface area (Å²) < 4.78 is 0. The van der Waals surface area contributed by atoms with Gasteiger partial charge in [-0.15, -0.1) is 0 Å². The third-order valence-corrected chi connectivity index (χ3v) is 1.18. The van der Waals surface area contributed by atoms with Crippen LogP contribution in [0.15, 0.2) is 0 Å². The van der Waals surface area contributed by atoms with Gasteiger partial charge in [0.25, 0.3) is 0 Å². The first-order chi connectivity index (χ1) is 4.72. The SMILES string of the molecule is CN(CN)C(=O)CCC=O. The van der Waals surface area contributed by atoms with E-state index in [2.05, 4.69) is 0 Å². The number of aldehydes is 1. The van der Waals surface area contributed by atoms with Gasteiger partial charge in [0.1, 0.15) is 6.29 Å². The Balaban J connectivity index is 3.51. The number of carbonyl (C=O) groups is 2. The van der Waals surface area contributed by atoms with Crippen molar-refractivity contribution < 1.29 is 9.59 Å². The Labute approximate surface area is 60.0 Å². The van der Waals surface area contributed by atoms with Crippen molar-refractivity contribution in [2.75, 3.05) is 13.7 Å². The molecule has 0 bridgehead atoms. The second-order valence-electron chi connectivity index (χ2n) is 1.98. The van der Waals surface area contributed by atoms with Crippen molar-refractivity contribution in [1.29, 1.82) is 0 Å². The van der Waals surface area contributed by atoms with E-state index >= 15 is 0 Å². The summed E-state index contributed by atoms with van der Waals surface area (Å²) in [5, 5.41) is 0. The summed E-state index contributed by atoms with van der Waals surface area (Å²) in [6.45, 7) is 0.206. The van der Waals surface area contributed by atoms with Gasteiger partial charge in [0.15, 0.2) is 0 Å². The molecular weight excluding hydrogens is 132 g/mol. The minimum absolute atomic E-state index is 0.0883. The summed E-state index contributed by atoms with van der Waals surface area (Å²) in [6.07, 6.45) is 1.27. The van der Waals surface area contributed by atoms with Crippen LogP contribution < -0.4 is 5.73 Å². The third kappa shape index (κ3) is 3.19. The van der Waals surface area contributed by atoms with Crippen molar-refractivity contribution in [1.82, 2.24) is 4.90 Å². The highest BCUT2D eigenvalue weighted by atomic mass is 16.2. The zero-order valence-corrected chi connectivity index (χ0v) is 6.04. The number of nitrogens with two attached hydrogens (primary N) is 1. The van der Waals surface area contributed by atoms with E-state index in [4.69, 9.17) is 5.73 Å². The van der Waals surface area contributed by atoms with Crippen LogP contribution in [0.4, 0.5) is 0 Å². The molecule has 0 aliphatic rings. The minimum atomic E-state index is -0.0883. The summed E-state index contributed by atoms with van der Waals surface area (Å²) in [7, 11) is 1.60. The number of amides is 1. The monoisotopic (exact) mass is 144 g/mol. The number of carbonyl (C=O) groups excluding carboxylic acids is 2. The molecule has 4 heteroatoms. The van der Waals surface area contributed by atoms with E-state index < -0.39 is 0 Å². The molecule has 58 valence electrons. The van der Waals surface area contributed by atoms with Crippen molar-refractivity contribution in [3.8, 4) is 0 Å². The second kappa shape index (κ2) is 4.93. The van der Waals surface area contributed by atoms with Crippen molar-refractivity contribution in [3.05, 3.63) is 0 Å². The maximum absolute atomic E-state index is 10.8. The molecule has 0 aromatic rings. The van der Waals surface area contributed by atoms with Gasteiger partial charge in [-0.25, -0.2) is 0 Å². The summed E-state index contributed by atoms with van der Waals surface area (Å²) in [4.78, 5) is 22.0. The van der Waals surface area contributed by atoms with E-state index in [0.29, 0.717) is 0 Å². The van der Waals surface area contributed by atoms with Gasteiger partial charge in [-0.1, -0.05) is 0 Å². The Kier molecular flexibility index (Phi) is 4.49. The first kappa shape index (κ1) is 9.10. The molecule has 10 heavy (non-hydrogen) atoms. The van der Waals surface area contributed by atoms with E-state index in [9.17, 15) is 9.59 Å². The molecule has 0 unspecified atom stereocenters. The number of rotatable bonds is 4. The van der Waals surface area contributed by atoms with E-state index in [1.165, 1.54) is 4.90 Å². The van der Waals surface area contributed by atoms with Crippen molar-refractivity contribution in [2.24, 2.45) is 5.73 Å². The zero-order valence-electron chi connectivity index (χ0n) is 6.04. The highest BCUT2D eigenvalue weighted by Crippen LogP contribution is 1.90. The predicted octanol–water partition coefficient (Wildman–Crippen LogP) is -0.660. The normalized spacial score (nSPS) is 9.00. The Morgan fingerprint density at radius 2 is 2.30 bits per heavy atom. The van der Waals surface area contributed by atoms with E-state index in [-0.39, 0.29) is 25.4 Å². The maximum Gasteiger partial charge on any atom is 0.223 e. The Hall–Kier alpha value is -0.900. The number of nitrogens with zero attached hydrogens (tertiary/aromatic N) is 1. The molecule has 0 aromatic heterocycles. The summed E-state index contributed by atoms with van der Waals surface area (Å²) in [5.41, 5.74) is 5.16. The van der Waals surface area contributed by atoms with Gasteiger partial charge in [-0.2, -0.15) is 0 Å². The largest absolute Gasteiger partial charge is 0.333 e. The second-order valence-corrected chi connectivity index (χ2v) is 1.98. The lowest BCUT2D eigenvalue weighted by atomic mass is 10.3. The van der Waals surface area contributed by atoms with E-state index in [1.54, 1.807) is 7.05 Å². The molecule has 0 aromatic carbocycles. The quantitative estimate of drug-likeness (QED) is 0.421. The van der Waals surface area contributed by atoms with Gasteiger partial charge in [0.2, 0.25) is 5.91 Å². The highest BCUT2D eigenvalue weighted by Gasteiger charge is 2.04. The molecule has 0 atom stereocenters. The van der Waals surface area contributed by atoms with Crippen LogP contribution in [0.2, 0.25) is 0 Å². The summed E-state index contributed by atoms with van der Waals surface area (Å²) >= 11 is 0. The lowest BCUT2D eigenvalue weighted by molar-refractivity contribution is -0.130. The molecule has 0 rings (SSSR count). The van der Waals surface area contributed by atoms with Crippen LogP contribution in [0.1, 0.15) is 12.8 Å². The predicted molar refractivity (Wildman–Crippen MR) is 37.1 cm³/mol. The van der Waals surface area contributed by atoms with Crippen LogP contribution in [0, 0.1) is 0 Å². The van der Waals surface area contributed by atoms with Crippen LogP contribution in [0.5, 0.6) is 0 Å². The molecule has 0 saturated carbocycles. The van der Waals surface area contributed by atoms with Crippen LogP contribution in [0.25, 0.3) is 0 Å². The fourth-order valence-corrected chi connectivity index (χ4v) is 0.475. The smallest absolute Gasteiger partial charge is 0.223 e. The fraction of sp³-hybridized carbons (Fsp3) is 0.667. The van der Waals surface area contributed by atoms with Gasteiger partial charge in [0.05, 0.1) is 6.67 Å². The lowest BCUT2D eigenvalue weighted by Gasteiger charge is -2.12.